The molecular weight excluding hydrogens is 422 g/mol. The summed E-state index contributed by atoms with van der Waals surface area (Å²) in [5.74, 6) is 0.333. The Labute approximate surface area is 189 Å². The lowest BCUT2D eigenvalue weighted by atomic mass is 10.1. The van der Waals surface area contributed by atoms with Gasteiger partial charge in [0.05, 0.1) is 13.2 Å². The first-order valence-corrected chi connectivity index (χ1v) is 10.6. The summed E-state index contributed by atoms with van der Waals surface area (Å²) >= 11 is 0. The number of rotatable bonds is 9. The second kappa shape index (κ2) is 10.1. The molecule has 2 aromatic carbocycles. The summed E-state index contributed by atoms with van der Waals surface area (Å²) in [5.41, 5.74) is 2.55. The number of hydrogen-bond acceptors (Lipinski definition) is 5. The summed E-state index contributed by atoms with van der Waals surface area (Å²) in [7, 11) is 1.53. The number of carbonyl (C=O) groups excluding carboxylic acids is 1. The van der Waals surface area contributed by atoms with Crippen LogP contribution in [0.5, 0.6) is 0 Å². The normalized spacial score (nSPS) is 11.1. The number of aromatic nitrogens is 4. The third-order valence-corrected chi connectivity index (χ3v) is 5.36. The fourth-order valence-electron chi connectivity index (χ4n) is 3.51. The molecule has 1 amide bonds. The third kappa shape index (κ3) is 5.45. The monoisotopic (exact) mass is 447 g/mol. The van der Waals surface area contributed by atoms with Crippen molar-refractivity contribution in [2.75, 3.05) is 0 Å². The molecule has 170 valence electrons. The van der Waals surface area contributed by atoms with Crippen molar-refractivity contribution in [1.82, 2.24) is 24.8 Å². The molecule has 3 N–H and O–H groups in total. The summed E-state index contributed by atoms with van der Waals surface area (Å²) in [6, 6.07) is 17.8. The minimum atomic E-state index is -0.533. The molecule has 4 aromatic rings. The third-order valence-electron chi connectivity index (χ3n) is 5.36. The number of nitrogens with one attached hydrogen (secondary N) is 3. The van der Waals surface area contributed by atoms with Crippen LogP contribution in [0.3, 0.4) is 0 Å². The smallest absolute Gasteiger partial charge is 0.329 e. The van der Waals surface area contributed by atoms with Crippen molar-refractivity contribution in [3.8, 4) is 0 Å². The summed E-state index contributed by atoms with van der Waals surface area (Å²) in [5, 5.41) is 2.92. The minimum absolute atomic E-state index is 0.140. The van der Waals surface area contributed by atoms with Gasteiger partial charge >= 0.3 is 5.69 Å². The zero-order chi connectivity index (χ0) is 23.2. The Hall–Kier alpha value is -3.98. The minimum Gasteiger partial charge on any atom is -0.372 e. The Morgan fingerprint density at radius 3 is 2.52 bits per heavy atom. The molecule has 0 aliphatic carbocycles. The SMILES string of the molecule is Cn1c(=O)[nH]c(=O)c2[nH]c(CCC(=O)NCc3ccccc3COCc3ccccc3)nc21. The number of hydrogen-bond donors (Lipinski definition) is 3. The second-order valence-corrected chi connectivity index (χ2v) is 7.72. The Bertz CT molecular complexity index is 1370. The van der Waals surface area contributed by atoms with Crippen molar-refractivity contribution < 1.29 is 9.53 Å². The van der Waals surface area contributed by atoms with Crippen molar-refractivity contribution in [3.05, 3.63) is 98.0 Å². The predicted octanol–water partition coefficient (Wildman–Crippen LogP) is 1.92. The van der Waals surface area contributed by atoms with Crippen LogP contribution in [0.4, 0.5) is 0 Å². The molecule has 0 saturated carbocycles. The van der Waals surface area contributed by atoms with E-state index >= 15 is 0 Å². The van der Waals surface area contributed by atoms with Crippen LogP contribution in [-0.4, -0.2) is 25.4 Å². The van der Waals surface area contributed by atoms with E-state index in [1.54, 1.807) is 0 Å². The average molecular weight is 447 g/mol. The van der Waals surface area contributed by atoms with Crippen molar-refractivity contribution >= 4 is 17.1 Å². The molecule has 9 nitrogen and oxygen atoms in total. The standard InChI is InChI=1S/C24H25N5O4/c1-29-22-21(23(31)28-24(29)32)26-19(27-22)11-12-20(30)25-13-17-9-5-6-10-18(17)15-33-14-16-7-3-2-4-8-16/h2-10H,11-15H2,1H3,(H,25,30)(H,26,27)(H,28,31,32). The van der Waals surface area contributed by atoms with Gasteiger partial charge < -0.3 is 15.0 Å². The van der Waals surface area contributed by atoms with E-state index in [2.05, 4.69) is 20.3 Å². The Balaban J connectivity index is 1.31. The van der Waals surface area contributed by atoms with Crippen molar-refractivity contribution in [3.63, 3.8) is 0 Å². The molecular formula is C24H25N5O4. The Kier molecular flexibility index (Phi) is 6.80. The molecule has 2 heterocycles. The molecule has 0 radical (unpaired) electrons. The van der Waals surface area contributed by atoms with Gasteiger partial charge in [0.1, 0.15) is 11.3 Å². The Morgan fingerprint density at radius 2 is 1.73 bits per heavy atom. The Morgan fingerprint density at radius 1 is 1.00 bits per heavy atom. The zero-order valence-corrected chi connectivity index (χ0v) is 18.3. The zero-order valence-electron chi connectivity index (χ0n) is 18.3. The first kappa shape index (κ1) is 22.2. The maximum atomic E-state index is 12.4. The number of benzene rings is 2. The molecule has 0 aliphatic rings. The van der Waals surface area contributed by atoms with Gasteiger partial charge in [0, 0.05) is 26.4 Å². The maximum absolute atomic E-state index is 12.4. The van der Waals surface area contributed by atoms with E-state index in [1.165, 1.54) is 11.6 Å². The predicted molar refractivity (Wildman–Crippen MR) is 124 cm³/mol. The van der Waals surface area contributed by atoms with Gasteiger partial charge in [-0.15, -0.1) is 0 Å². The molecule has 0 atom stereocenters. The number of H-pyrrole nitrogens is 2. The van der Waals surface area contributed by atoms with E-state index in [0.29, 0.717) is 32.0 Å². The molecule has 9 heteroatoms. The summed E-state index contributed by atoms with van der Waals surface area (Å²) < 4.78 is 7.10. The molecule has 4 rings (SSSR count). The van der Waals surface area contributed by atoms with Gasteiger partial charge in [-0.25, -0.2) is 9.78 Å². The van der Waals surface area contributed by atoms with Crippen LogP contribution in [0.25, 0.3) is 11.2 Å². The highest BCUT2D eigenvalue weighted by Crippen LogP contribution is 2.12. The highest BCUT2D eigenvalue weighted by atomic mass is 16.5. The van der Waals surface area contributed by atoms with Crippen LogP contribution in [0.2, 0.25) is 0 Å². The number of nitrogens with zero attached hydrogens (tertiary/aromatic N) is 2. The molecule has 0 bridgehead atoms. The first-order chi connectivity index (χ1) is 16.0. The number of aromatic amines is 2. The van der Waals surface area contributed by atoms with Gasteiger partial charge in [0.25, 0.3) is 5.56 Å². The fourth-order valence-corrected chi connectivity index (χ4v) is 3.51. The van der Waals surface area contributed by atoms with E-state index in [1.807, 2.05) is 54.6 Å². The number of aryl methyl sites for hydroxylation is 2. The van der Waals surface area contributed by atoms with Crippen molar-refractivity contribution in [1.29, 1.82) is 0 Å². The lowest BCUT2D eigenvalue weighted by Gasteiger charge is -2.11. The number of ether oxygens (including phenoxy) is 1. The second-order valence-electron chi connectivity index (χ2n) is 7.72. The van der Waals surface area contributed by atoms with Crippen LogP contribution >= 0.6 is 0 Å². The molecule has 2 aromatic heterocycles. The summed E-state index contributed by atoms with van der Waals surface area (Å²) in [6.07, 6.45) is 0.508. The molecule has 0 fully saturated rings. The number of carbonyl (C=O) groups is 1. The van der Waals surface area contributed by atoms with Crippen molar-refractivity contribution in [2.24, 2.45) is 7.05 Å². The van der Waals surface area contributed by atoms with Crippen LogP contribution in [-0.2, 0) is 42.8 Å². The van der Waals surface area contributed by atoms with Crippen LogP contribution in [0.1, 0.15) is 28.9 Å². The van der Waals surface area contributed by atoms with Gasteiger partial charge in [-0.05, 0) is 16.7 Å². The largest absolute Gasteiger partial charge is 0.372 e. The topological polar surface area (TPSA) is 122 Å². The number of imidazole rings is 1. The number of amides is 1. The van der Waals surface area contributed by atoms with Crippen LogP contribution in [0.15, 0.2) is 64.2 Å². The lowest BCUT2D eigenvalue weighted by Crippen LogP contribution is -2.28. The van der Waals surface area contributed by atoms with E-state index in [4.69, 9.17) is 4.74 Å². The van der Waals surface area contributed by atoms with E-state index < -0.39 is 11.2 Å². The van der Waals surface area contributed by atoms with Crippen LogP contribution < -0.4 is 16.6 Å². The molecule has 33 heavy (non-hydrogen) atoms. The molecule has 0 saturated heterocycles. The first-order valence-electron chi connectivity index (χ1n) is 10.6. The van der Waals surface area contributed by atoms with Gasteiger partial charge in [0.2, 0.25) is 5.91 Å². The maximum Gasteiger partial charge on any atom is 0.329 e. The quantitative estimate of drug-likeness (QED) is 0.362. The van der Waals surface area contributed by atoms with Gasteiger partial charge in [0.15, 0.2) is 5.65 Å². The fraction of sp³-hybridized carbons (Fsp3) is 0.250. The van der Waals surface area contributed by atoms with Gasteiger partial charge in [-0.3, -0.25) is 19.1 Å². The molecule has 0 spiro atoms. The average Bonchev–Trinajstić information content (AvgIpc) is 3.27. The van der Waals surface area contributed by atoms with E-state index in [-0.39, 0.29) is 23.5 Å². The summed E-state index contributed by atoms with van der Waals surface area (Å²) in [6.45, 7) is 1.36. The van der Waals surface area contributed by atoms with E-state index in [0.717, 1.165) is 16.7 Å². The highest BCUT2D eigenvalue weighted by molar-refractivity contribution is 5.76. The van der Waals surface area contributed by atoms with Crippen LogP contribution in [0, 0.1) is 0 Å². The van der Waals surface area contributed by atoms with Gasteiger partial charge in [-0.2, -0.15) is 0 Å². The molecule has 0 aliphatic heterocycles. The highest BCUT2D eigenvalue weighted by Gasteiger charge is 2.12. The van der Waals surface area contributed by atoms with E-state index in [9.17, 15) is 14.4 Å². The number of fused-ring (bicyclic) bond motifs is 1. The van der Waals surface area contributed by atoms with Crippen molar-refractivity contribution in [2.45, 2.75) is 32.6 Å². The lowest BCUT2D eigenvalue weighted by molar-refractivity contribution is -0.121. The van der Waals surface area contributed by atoms with Gasteiger partial charge in [-0.1, -0.05) is 54.6 Å². The summed E-state index contributed by atoms with van der Waals surface area (Å²) in [4.78, 5) is 45.4. The molecule has 0 unspecified atom stereocenters.